The van der Waals surface area contributed by atoms with Crippen LogP contribution < -0.4 is 5.48 Å². The Labute approximate surface area is 166 Å². The van der Waals surface area contributed by atoms with Gasteiger partial charge in [0.1, 0.15) is 0 Å². The summed E-state index contributed by atoms with van der Waals surface area (Å²) in [5.74, 6) is -1.37. The van der Waals surface area contributed by atoms with Crippen molar-refractivity contribution in [2.75, 3.05) is 13.7 Å². The first-order valence-electron chi connectivity index (χ1n) is 8.57. The Morgan fingerprint density at radius 3 is 2.30 bits per heavy atom. The summed E-state index contributed by atoms with van der Waals surface area (Å²) < 4.78 is 0.864. The molecule has 3 N–H and O–H groups in total. The third-order valence-electron chi connectivity index (χ3n) is 4.53. The summed E-state index contributed by atoms with van der Waals surface area (Å²) in [6.45, 7) is -0.289. The van der Waals surface area contributed by atoms with Gasteiger partial charge in [-0.25, -0.2) is 5.48 Å². The van der Waals surface area contributed by atoms with Crippen molar-refractivity contribution < 1.29 is 19.9 Å². The Balaban J connectivity index is 2.13. The number of aliphatic hydroxyl groups is 1. The Morgan fingerprint density at radius 2 is 1.74 bits per heavy atom. The number of carbonyl (C=O) groups excluding carboxylic acids is 2. The van der Waals surface area contributed by atoms with Crippen molar-refractivity contribution in [1.29, 1.82) is 0 Å². The van der Waals surface area contributed by atoms with Crippen LogP contribution in [0.2, 0.25) is 0 Å². The van der Waals surface area contributed by atoms with Crippen LogP contribution in [0, 0.1) is 5.92 Å². The molecule has 0 spiro atoms. The van der Waals surface area contributed by atoms with Gasteiger partial charge < -0.3 is 10.0 Å². The molecule has 2 atom stereocenters. The minimum Gasteiger partial charge on any atom is -0.394 e. The van der Waals surface area contributed by atoms with E-state index in [2.05, 4.69) is 15.9 Å². The van der Waals surface area contributed by atoms with Crippen molar-refractivity contribution in [3.05, 3.63) is 70.2 Å². The number of aliphatic hydroxyl groups excluding tert-OH is 1. The van der Waals surface area contributed by atoms with E-state index in [-0.39, 0.29) is 18.9 Å². The second-order valence-electron chi connectivity index (χ2n) is 6.36. The molecule has 0 heterocycles. The SMILES string of the molecule is CN(C(=O)c1ccc(Br)cc1)C(CO)CC(Cc1ccccc1)C(=O)NO. The molecule has 2 aromatic carbocycles. The minimum atomic E-state index is -0.588. The zero-order valence-electron chi connectivity index (χ0n) is 15.0. The highest BCUT2D eigenvalue weighted by atomic mass is 79.9. The van der Waals surface area contributed by atoms with Crippen molar-refractivity contribution >= 4 is 27.7 Å². The van der Waals surface area contributed by atoms with Gasteiger partial charge in [0.25, 0.3) is 5.91 Å². The molecule has 2 unspecified atom stereocenters. The second-order valence-corrected chi connectivity index (χ2v) is 7.27. The number of carbonyl (C=O) groups is 2. The average Bonchev–Trinajstić information content (AvgIpc) is 2.70. The van der Waals surface area contributed by atoms with Crippen LogP contribution in [-0.4, -0.2) is 46.7 Å². The average molecular weight is 435 g/mol. The van der Waals surface area contributed by atoms with Crippen molar-refractivity contribution in [3.8, 4) is 0 Å². The lowest BCUT2D eigenvalue weighted by Gasteiger charge is -2.29. The van der Waals surface area contributed by atoms with Crippen LogP contribution in [-0.2, 0) is 11.2 Å². The monoisotopic (exact) mass is 434 g/mol. The Bertz CT molecular complexity index is 752. The van der Waals surface area contributed by atoms with Crippen LogP contribution in [0.25, 0.3) is 0 Å². The van der Waals surface area contributed by atoms with Crippen LogP contribution in [0.1, 0.15) is 22.3 Å². The molecule has 0 aliphatic heterocycles. The third-order valence-corrected chi connectivity index (χ3v) is 5.06. The van der Waals surface area contributed by atoms with Gasteiger partial charge in [0.15, 0.2) is 0 Å². The van der Waals surface area contributed by atoms with Crippen LogP contribution >= 0.6 is 15.9 Å². The number of hydrogen-bond donors (Lipinski definition) is 3. The normalized spacial score (nSPS) is 12.9. The van der Waals surface area contributed by atoms with Crippen LogP contribution in [0.15, 0.2) is 59.1 Å². The van der Waals surface area contributed by atoms with Gasteiger partial charge in [-0.05, 0) is 42.7 Å². The first-order chi connectivity index (χ1) is 13.0. The standard InChI is InChI=1S/C20H23BrN2O4/c1-23(20(26)15-7-9-17(21)10-8-15)18(13-24)12-16(19(25)22-27)11-14-5-3-2-4-6-14/h2-10,16,18,24,27H,11-13H2,1H3,(H,22,25). The number of halogens is 1. The number of amides is 2. The highest BCUT2D eigenvalue weighted by molar-refractivity contribution is 9.10. The smallest absolute Gasteiger partial charge is 0.253 e. The molecule has 0 saturated carbocycles. The van der Waals surface area contributed by atoms with Gasteiger partial charge in [0.2, 0.25) is 5.91 Å². The minimum absolute atomic E-state index is 0.219. The quantitative estimate of drug-likeness (QED) is 0.439. The fourth-order valence-corrected chi connectivity index (χ4v) is 3.18. The molecule has 2 rings (SSSR count). The van der Waals surface area contributed by atoms with E-state index in [9.17, 15) is 14.7 Å². The number of hydroxylamine groups is 1. The number of hydrogen-bond acceptors (Lipinski definition) is 4. The molecule has 7 heteroatoms. The summed E-state index contributed by atoms with van der Waals surface area (Å²) in [5, 5.41) is 18.9. The van der Waals surface area contributed by atoms with Gasteiger partial charge in [-0.3, -0.25) is 14.8 Å². The molecular weight excluding hydrogens is 412 g/mol. The van der Waals surface area contributed by atoms with Crippen molar-refractivity contribution in [1.82, 2.24) is 10.4 Å². The Hall–Kier alpha value is -2.22. The maximum absolute atomic E-state index is 12.7. The van der Waals surface area contributed by atoms with Gasteiger partial charge in [-0.15, -0.1) is 0 Å². The molecule has 0 aromatic heterocycles. The molecule has 0 saturated heterocycles. The predicted octanol–water partition coefficient (Wildman–Crippen LogP) is 2.64. The molecule has 0 aliphatic carbocycles. The molecule has 0 radical (unpaired) electrons. The molecule has 144 valence electrons. The van der Waals surface area contributed by atoms with E-state index in [1.165, 1.54) is 4.90 Å². The van der Waals surface area contributed by atoms with Crippen molar-refractivity contribution in [3.63, 3.8) is 0 Å². The first kappa shape index (κ1) is 21.1. The van der Waals surface area contributed by atoms with E-state index < -0.39 is 17.9 Å². The van der Waals surface area contributed by atoms with E-state index >= 15 is 0 Å². The molecule has 6 nitrogen and oxygen atoms in total. The van der Waals surface area contributed by atoms with Gasteiger partial charge in [0.05, 0.1) is 12.6 Å². The van der Waals surface area contributed by atoms with Gasteiger partial charge >= 0.3 is 0 Å². The third kappa shape index (κ3) is 5.89. The van der Waals surface area contributed by atoms with E-state index in [0.717, 1.165) is 10.0 Å². The Kier molecular flexibility index (Phi) is 7.97. The highest BCUT2D eigenvalue weighted by Crippen LogP contribution is 2.19. The summed E-state index contributed by atoms with van der Waals surface area (Å²) in [7, 11) is 1.60. The predicted molar refractivity (Wildman–Crippen MR) is 105 cm³/mol. The molecule has 27 heavy (non-hydrogen) atoms. The van der Waals surface area contributed by atoms with Crippen molar-refractivity contribution in [2.24, 2.45) is 5.92 Å². The summed E-state index contributed by atoms with van der Waals surface area (Å²) in [6.07, 6.45) is 0.612. The molecular formula is C20H23BrN2O4. The zero-order chi connectivity index (χ0) is 19.8. The molecule has 0 bridgehead atoms. The molecule has 0 aliphatic rings. The first-order valence-corrected chi connectivity index (χ1v) is 9.37. The van der Waals surface area contributed by atoms with Gasteiger partial charge in [-0.2, -0.15) is 0 Å². The maximum atomic E-state index is 12.7. The lowest BCUT2D eigenvalue weighted by atomic mass is 9.91. The lowest BCUT2D eigenvalue weighted by Crippen LogP contribution is -2.43. The number of nitrogens with zero attached hydrogens (tertiary/aromatic N) is 1. The van der Waals surface area contributed by atoms with E-state index in [4.69, 9.17) is 5.21 Å². The van der Waals surface area contributed by atoms with Gasteiger partial charge in [0, 0.05) is 23.0 Å². The molecule has 2 aromatic rings. The zero-order valence-corrected chi connectivity index (χ0v) is 16.6. The summed E-state index contributed by atoms with van der Waals surface area (Å²) in [5.41, 5.74) is 3.12. The number of nitrogens with one attached hydrogen (secondary N) is 1. The topological polar surface area (TPSA) is 89.9 Å². The van der Waals surface area contributed by atoms with E-state index in [0.29, 0.717) is 12.0 Å². The fraction of sp³-hybridized carbons (Fsp3) is 0.300. The number of benzene rings is 2. The van der Waals surface area contributed by atoms with Crippen molar-refractivity contribution in [2.45, 2.75) is 18.9 Å². The lowest BCUT2D eigenvalue weighted by molar-refractivity contribution is -0.134. The highest BCUT2D eigenvalue weighted by Gasteiger charge is 2.28. The fourth-order valence-electron chi connectivity index (χ4n) is 2.92. The van der Waals surface area contributed by atoms with Gasteiger partial charge in [-0.1, -0.05) is 46.3 Å². The van der Waals surface area contributed by atoms with E-state index in [1.807, 2.05) is 30.3 Å². The van der Waals surface area contributed by atoms with Crippen LogP contribution in [0.5, 0.6) is 0 Å². The Morgan fingerprint density at radius 1 is 1.11 bits per heavy atom. The summed E-state index contributed by atoms with van der Waals surface area (Å²) >= 11 is 3.33. The van der Waals surface area contributed by atoms with E-state index in [1.54, 1.807) is 36.8 Å². The summed E-state index contributed by atoms with van der Waals surface area (Å²) in [6, 6.07) is 15.8. The maximum Gasteiger partial charge on any atom is 0.253 e. The molecule has 0 fully saturated rings. The summed E-state index contributed by atoms with van der Waals surface area (Å²) in [4.78, 5) is 26.2. The molecule has 2 amide bonds. The second kappa shape index (κ2) is 10.2. The van der Waals surface area contributed by atoms with Crippen LogP contribution in [0.4, 0.5) is 0 Å². The number of rotatable bonds is 8. The number of likely N-dealkylation sites (N-methyl/N-ethyl adjacent to an activating group) is 1. The van der Waals surface area contributed by atoms with Crippen LogP contribution in [0.3, 0.4) is 0 Å². The largest absolute Gasteiger partial charge is 0.394 e.